The molecular weight excluding hydrogens is 350 g/mol. The molecule has 5 nitrogen and oxygen atoms in total. The van der Waals surface area contributed by atoms with Crippen LogP contribution in [0, 0.1) is 5.92 Å². The molecule has 0 radical (unpaired) electrons. The quantitative estimate of drug-likeness (QED) is 0.476. The summed E-state index contributed by atoms with van der Waals surface area (Å²) in [4.78, 5) is 21.3. The van der Waals surface area contributed by atoms with Crippen LogP contribution in [0.25, 0.3) is 0 Å². The van der Waals surface area contributed by atoms with E-state index in [1.165, 1.54) is 24.8 Å². The molecule has 0 saturated carbocycles. The number of carbonyl (C=O) groups is 1. The highest BCUT2D eigenvalue weighted by atomic mass is 16.5. The molecule has 0 spiro atoms. The van der Waals surface area contributed by atoms with E-state index in [2.05, 4.69) is 58.1 Å². The summed E-state index contributed by atoms with van der Waals surface area (Å²) in [6, 6.07) is 10.7. The molecule has 1 aromatic rings. The molecule has 1 amide bonds. The number of nitrogens with zero attached hydrogens (tertiary/aromatic N) is 3. The lowest BCUT2D eigenvalue weighted by Crippen LogP contribution is -2.58. The van der Waals surface area contributed by atoms with E-state index in [-0.39, 0.29) is 0 Å². The van der Waals surface area contributed by atoms with Crippen molar-refractivity contribution in [2.45, 2.75) is 58.5 Å². The molecule has 2 aliphatic rings. The average Bonchev–Trinajstić information content (AvgIpc) is 3.16. The smallest absolute Gasteiger partial charge is 0.436 e. The van der Waals surface area contributed by atoms with E-state index >= 15 is 0 Å². The number of allylic oxidation sites excluding steroid dienone is 1. The van der Waals surface area contributed by atoms with Gasteiger partial charge in [-0.1, -0.05) is 68.7 Å². The predicted octanol–water partition coefficient (Wildman–Crippen LogP) is 4.84. The van der Waals surface area contributed by atoms with Crippen molar-refractivity contribution in [2.24, 2.45) is 10.9 Å². The molecule has 1 saturated heterocycles. The summed E-state index contributed by atoms with van der Waals surface area (Å²) in [5, 5.41) is 0. The zero-order valence-corrected chi connectivity index (χ0v) is 17.2. The first-order valence-electron chi connectivity index (χ1n) is 10.7. The first kappa shape index (κ1) is 20.4. The van der Waals surface area contributed by atoms with E-state index in [4.69, 9.17) is 4.74 Å². The van der Waals surface area contributed by atoms with Gasteiger partial charge in [0.1, 0.15) is 0 Å². The number of ether oxygens (including phenoxy) is 1. The highest BCUT2D eigenvalue weighted by Crippen LogP contribution is 2.31. The lowest BCUT2D eigenvalue weighted by molar-refractivity contribution is 0.146. The molecule has 1 aliphatic heterocycles. The molecule has 1 fully saturated rings. The van der Waals surface area contributed by atoms with Gasteiger partial charge in [-0.15, -0.1) is 4.99 Å². The van der Waals surface area contributed by atoms with E-state index in [9.17, 15) is 4.79 Å². The Morgan fingerprint density at radius 1 is 1.18 bits per heavy atom. The summed E-state index contributed by atoms with van der Waals surface area (Å²) in [6.45, 7) is 6.99. The minimum atomic E-state index is -0.491. The van der Waals surface area contributed by atoms with Gasteiger partial charge in [-0.2, -0.15) is 0 Å². The van der Waals surface area contributed by atoms with Gasteiger partial charge in [0, 0.05) is 25.6 Å². The SMILES string of the molecule is CCCCCCN1/C(=N\C(=O)OCC)N(Cc2ccccc2)CC2CC=CC21. The molecule has 28 heavy (non-hydrogen) atoms. The van der Waals surface area contributed by atoms with Crippen LogP contribution in [-0.2, 0) is 11.3 Å². The standard InChI is InChI=1S/C23H33N3O2/c1-3-5-6-10-16-26-21-15-11-14-20(21)18-25(17-19-12-8-7-9-13-19)22(26)24-23(27)28-4-2/h7-9,11-13,15,20-21H,3-6,10,14,16-18H2,1-2H3/b24-22-. The summed E-state index contributed by atoms with van der Waals surface area (Å²) in [6.07, 6.45) is 9.97. The van der Waals surface area contributed by atoms with E-state index in [0.717, 1.165) is 38.4 Å². The van der Waals surface area contributed by atoms with Crippen LogP contribution < -0.4 is 0 Å². The Bertz CT molecular complexity index is 686. The molecular formula is C23H33N3O2. The Morgan fingerprint density at radius 3 is 2.75 bits per heavy atom. The average molecular weight is 384 g/mol. The van der Waals surface area contributed by atoms with Gasteiger partial charge in [-0.05, 0) is 25.3 Å². The van der Waals surface area contributed by atoms with E-state index in [1.807, 2.05) is 13.0 Å². The molecule has 5 heteroatoms. The Hall–Kier alpha value is -2.30. The Balaban J connectivity index is 1.84. The second-order valence-corrected chi connectivity index (χ2v) is 7.65. The number of rotatable bonds is 8. The minimum absolute atomic E-state index is 0.335. The zero-order chi connectivity index (χ0) is 19.8. The van der Waals surface area contributed by atoms with Gasteiger partial charge in [0.2, 0.25) is 5.96 Å². The zero-order valence-electron chi connectivity index (χ0n) is 17.2. The molecule has 0 aromatic heterocycles. The molecule has 2 unspecified atom stereocenters. The van der Waals surface area contributed by atoms with Crippen molar-refractivity contribution in [1.82, 2.24) is 9.80 Å². The van der Waals surface area contributed by atoms with Crippen LogP contribution in [0.1, 0.15) is 51.5 Å². The molecule has 1 heterocycles. The first-order valence-corrected chi connectivity index (χ1v) is 10.7. The van der Waals surface area contributed by atoms with Crippen LogP contribution in [0.3, 0.4) is 0 Å². The lowest BCUT2D eigenvalue weighted by atomic mass is 9.97. The van der Waals surface area contributed by atoms with Crippen LogP contribution in [0.15, 0.2) is 47.5 Å². The molecule has 0 N–H and O–H groups in total. The maximum absolute atomic E-state index is 12.2. The minimum Gasteiger partial charge on any atom is -0.448 e. The normalized spacial score (nSPS) is 22.6. The largest absolute Gasteiger partial charge is 0.448 e. The van der Waals surface area contributed by atoms with E-state index in [0.29, 0.717) is 18.6 Å². The number of unbranched alkanes of at least 4 members (excludes halogenated alkanes) is 3. The third-order valence-corrected chi connectivity index (χ3v) is 5.54. The maximum atomic E-state index is 12.2. The molecule has 1 aliphatic carbocycles. The molecule has 152 valence electrons. The van der Waals surface area contributed by atoms with Gasteiger partial charge >= 0.3 is 6.09 Å². The second kappa shape index (κ2) is 10.3. The second-order valence-electron chi connectivity index (χ2n) is 7.65. The molecule has 0 bridgehead atoms. The van der Waals surface area contributed by atoms with E-state index < -0.39 is 6.09 Å². The van der Waals surface area contributed by atoms with Gasteiger partial charge in [0.05, 0.1) is 12.6 Å². The summed E-state index contributed by atoms with van der Waals surface area (Å²) in [7, 11) is 0. The van der Waals surface area contributed by atoms with Crippen molar-refractivity contribution in [2.75, 3.05) is 19.7 Å². The molecule has 3 rings (SSSR count). The monoisotopic (exact) mass is 383 g/mol. The number of benzene rings is 1. The molecule has 2 atom stereocenters. The van der Waals surface area contributed by atoms with Gasteiger partial charge in [-0.3, -0.25) is 0 Å². The fourth-order valence-corrected chi connectivity index (χ4v) is 4.18. The highest BCUT2D eigenvalue weighted by molar-refractivity contribution is 5.91. The summed E-state index contributed by atoms with van der Waals surface area (Å²) in [5.74, 6) is 1.32. The maximum Gasteiger partial charge on any atom is 0.436 e. The Kier molecular flexibility index (Phi) is 7.52. The fourth-order valence-electron chi connectivity index (χ4n) is 4.18. The lowest BCUT2D eigenvalue weighted by Gasteiger charge is -2.46. The van der Waals surface area contributed by atoms with Crippen LogP contribution in [-0.4, -0.2) is 47.6 Å². The van der Waals surface area contributed by atoms with Gasteiger partial charge in [0.25, 0.3) is 0 Å². The number of carbonyl (C=O) groups excluding carboxylic acids is 1. The third kappa shape index (κ3) is 5.15. The number of aliphatic imine (C=N–C) groups is 1. The van der Waals surface area contributed by atoms with Crippen LogP contribution >= 0.6 is 0 Å². The topological polar surface area (TPSA) is 45.1 Å². The van der Waals surface area contributed by atoms with Crippen molar-refractivity contribution in [3.8, 4) is 0 Å². The van der Waals surface area contributed by atoms with Gasteiger partial charge < -0.3 is 14.5 Å². The van der Waals surface area contributed by atoms with Crippen LogP contribution in [0.2, 0.25) is 0 Å². The number of hydrogen-bond donors (Lipinski definition) is 0. The summed E-state index contributed by atoms with van der Waals surface area (Å²) in [5.41, 5.74) is 1.23. The number of fused-ring (bicyclic) bond motifs is 1. The summed E-state index contributed by atoms with van der Waals surface area (Å²) >= 11 is 0. The number of hydrogen-bond acceptors (Lipinski definition) is 2. The van der Waals surface area contributed by atoms with Crippen LogP contribution in [0.4, 0.5) is 4.79 Å². The number of guanidine groups is 1. The summed E-state index contributed by atoms with van der Waals surface area (Å²) < 4.78 is 5.15. The van der Waals surface area contributed by atoms with Crippen molar-refractivity contribution < 1.29 is 9.53 Å². The van der Waals surface area contributed by atoms with Gasteiger partial charge in [0.15, 0.2) is 0 Å². The third-order valence-electron chi connectivity index (χ3n) is 5.54. The first-order chi connectivity index (χ1) is 13.7. The van der Waals surface area contributed by atoms with Crippen LogP contribution in [0.5, 0.6) is 0 Å². The number of amides is 1. The Morgan fingerprint density at radius 2 is 2.00 bits per heavy atom. The van der Waals surface area contributed by atoms with Gasteiger partial charge in [-0.25, -0.2) is 4.79 Å². The highest BCUT2D eigenvalue weighted by Gasteiger charge is 2.39. The molecule has 1 aromatic carbocycles. The van der Waals surface area contributed by atoms with Crippen molar-refractivity contribution in [1.29, 1.82) is 0 Å². The van der Waals surface area contributed by atoms with Crippen molar-refractivity contribution in [3.63, 3.8) is 0 Å². The van der Waals surface area contributed by atoms with Crippen molar-refractivity contribution >= 4 is 12.1 Å². The van der Waals surface area contributed by atoms with Crippen molar-refractivity contribution in [3.05, 3.63) is 48.0 Å². The fraction of sp³-hybridized carbons (Fsp3) is 0.565. The predicted molar refractivity (Wildman–Crippen MR) is 113 cm³/mol. The van der Waals surface area contributed by atoms with E-state index in [1.54, 1.807) is 0 Å². The Labute approximate surface area is 169 Å².